The number of nitrogens with zero attached hydrogens (tertiary/aromatic N) is 1. The summed E-state index contributed by atoms with van der Waals surface area (Å²) in [5, 5.41) is 5.23. The van der Waals surface area contributed by atoms with Crippen molar-refractivity contribution >= 4 is 38.2 Å². The molecule has 0 radical (unpaired) electrons. The van der Waals surface area contributed by atoms with Crippen LogP contribution in [0, 0.1) is 23.7 Å². The summed E-state index contributed by atoms with van der Waals surface area (Å²) in [5.41, 5.74) is -0.725. The Kier molecular flexibility index (Phi) is 19.3. The fourth-order valence-corrected chi connectivity index (χ4v) is 6.14. The SMILES string of the molecule is CCCCOC(=O)[C@H](C)N(C)C(=O)[C@H](CC(C)C)NC(=O)[C@@H](OC(=O)C[C@H](CC(C)(C)[Si](C)(C)O)[C@H](NC(=O)OC(C)(C)C)C(C)C)C(C)C. The van der Waals surface area contributed by atoms with Gasteiger partial charge in [0.15, 0.2) is 14.4 Å². The number of carbonyl (C=O) groups is 5. The third kappa shape index (κ3) is 16.6. The zero-order chi connectivity index (χ0) is 39.4. The van der Waals surface area contributed by atoms with Crippen molar-refractivity contribution in [1.82, 2.24) is 15.5 Å². The van der Waals surface area contributed by atoms with Gasteiger partial charge in [0.25, 0.3) is 5.91 Å². The molecule has 0 aliphatic carbocycles. The zero-order valence-corrected chi connectivity index (χ0v) is 35.0. The first-order valence-electron chi connectivity index (χ1n) is 18.3. The first-order valence-corrected chi connectivity index (χ1v) is 21.2. The third-order valence-corrected chi connectivity index (χ3v) is 12.7. The van der Waals surface area contributed by atoms with Crippen LogP contribution in [0.3, 0.4) is 0 Å². The highest BCUT2D eigenvalue weighted by atomic mass is 28.4. The molecular weight excluding hydrogens is 659 g/mol. The van der Waals surface area contributed by atoms with E-state index in [0.29, 0.717) is 12.8 Å². The predicted molar refractivity (Wildman–Crippen MR) is 199 cm³/mol. The van der Waals surface area contributed by atoms with Crippen molar-refractivity contribution in [3.8, 4) is 0 Å². The number of rotatable bonds is 20. The van der Waals surface area contributed by atoms with Crippen molar-refractivity contribution in [1.29, 1.82) is 0 Å². The normalized spacial score (nSPS) is 15.5. The molecule has 0 rings (SSSR count). The highest BCUT2D eigenvalue weighted by Crippen LogP contribution is 2.44. The van der Waals surface area contributed by atoms with Gasteiger partial charge in [-0.3, -0.25) is 14.4 Å². The van der Waals surface area contributed by atoms with Crippen molar-refractivity contribution in [3.05, 3.63) is 0 Å². The molecule has 0 fully saturated rings. The molecule has 50 heavy (non-hydrogen) atoms. The highest BCUT2D eigenvalue weighted by Gasteiger charge is 2.43. The van der Waals surface area contributed by atoms with E-state index in [4.69, 9.17) is 14.2 Å². The fourth-order valence-electron chi connectivity index (χ4n) is 5.38. The molecule has 0 aliphatic rings. The molecule has 0 aromatic rings. The van der Waals surface area contributed by atoms with E-state index >= 15 is 0 Å². The van der Waals surface area contributed by atoms with Crippen LogP contribution in [0.1, 0.15) is 122 Å². The summed E-state index contributed by atoms with van der Waals surface area (Å²) < 4.78 is 16.7. The molecule has 0 saturated carbocycles. The number of amides is 3. The summed E-state index contributed by atoms with van der Waals surface area (Å²) in [6.45, 7) is 28.0. The van der Waals surface area contributed by atoms with Gasteiger partial charge in [-0.25, -0.2) is 9.59 Å². The largest absolute Gasteiger partial charge is 0.464 e. The van der Waals surface area contributed by atoms with Gasteiger partial charge in [-0.1, -0.05) is 68.7 Å². The summed E-state index contributed by atoms with van der Waals surface area (Å²) in [4.78, 5) is 78.9. The predicted octanol–water partition coefficient (Wildman–Crippen LogP) is 6.20. The number of nitrogens with one attached hydrogen (secondary N) is 2. The van der Waals surface area contributed by atoms with Crippen molar-refractivity contribution in [3.63, 3.8) is 0 Å². The molecule has 0 bridgehead atoms. The van der Waals surface area contributed by atoms with Crippen LogP contribution in [0.5, 0.6) is 0 Å². The minimum Gasteiger partial charge on any atom is -0.464 e. The Balaban J connectivity index is 6.25. The van der Waals surface area contributed by atoms with Crippen molar-refractivity contribution in [2.45, 2.75) is 170 Å². The van der Waals surface area contributed by atoms with Crippen LogP contribution in [0.25, 0.3) is 0 Å². The van der Waals surface area contributed by atoms with E-state index in [1.165, 1.54) is 11.9 Å². The second-order valence-corrected chi connectivity index (χ2v) is 21.5. The lowest BCUT2D eigenvalue weighted by molar-refractivity contribution is -0.161. The number of unbranched alkanes of at least 4 members (excludes halogenated alkanes) is 1. The van der Waals surface area contributed by atoms with Crippen molar-refractivity contribution < 1.29 is 43.0 Å². The van der Waals surface area contributed by atoms with Gasteiger partial charge in [-0.05, 0) is 88.8 Å². The van der Waals surface area contributed by atoms with Gasteiger partial charge in [0.05, 0.1) is 13.0 Å². The maximum atomic E-state index is 13.7. The lowest BCUT2D eigenvalue weighted by Gasteiger charge is -2.41. The number of hydrogen-bond donors (Lipinski definition) is 3. The average Bonchev–Trinajstić information content (AvgIpc) is 2.94. The van der Waals surface area contributed by atoms with Gasteiger partial charge < -0.3 is 34.5 Å². The van der Waals surface area contributed by atoms with Crippen LogP contribution in [0.2, 0.25) is 18.1 Å². The van der Waals surface area contributed by atoms with E-state index in [1.54, 1.807) is 41.5 Å². The van der Waals surface area contributed by atoms with E-state index in [2.05, 4.69) is 10.6 Å². The Morgan fingerprint density at radius 1 is 0.880 bits per heavy atom. The number of likely N-dealkylation sites (N-methyl/N-ethyl adjacent to an activating group) is 1. The van der Waals surface area contributed by atoms with Crippen LogP contribution in [0.15, 0.2) is 0 Å². The Morgan fingerprint density at radius 3 is 1.88 bits per heavy atom. The molecule has 292 valence electrons. The summed E-state index contributed by atoms with van der Waals surface area (Å²) in [5.74, 6) is -3.20. The number of hydrogen-bond acceptors (Lipinski definition) is 9. The van der Waals surface area contributed by atoms with E-state index in [0.717, 1.165) is 12.8 Å². The number of esters is 2. The standard InChI is InChI=1S/C37H71N3O9Si/c1-17-18-19-47-34(44)26(8)40(14)33(43)28(20-23(2)3)38-32(42)31(25(6)7)48-29(41)21-27(22-37(12,13)50(15,16)46)30(24(4)5)39-35(45)49-36(9,10)11/h23-28,30-31,46H,17-22H2,1-16H3,(H,38,42)(H,39,45)/t26-,27+,28-,30+,31-/m0/s1. The minimum atomic E-state index is -2.73. The molecule has 5 atom stereocenters. The number of ether oxygens (including phenoxy) is 3. The Morgan fingerprint density at radius 2 is 1.44 bits per heavy atom. The number of carbonyl (C=O) groups excluding carboxylic acids is 5. The average molecular weight is 730 g/mol. The number of alkyl carbamates (subject to hydrolysis) is 1. The zero-order valence-electron chi connectivity index (χ0n) is 34.0. The van der Waals surface area contributed by atoms with Gasteiger partial charge in [0, 0.05) is 13.1 Å². The van der Waals surface area contributed by atoms with Gasteiger partial charge in [0.2, 0.25) is 5.91 Å². The van der Waals surface area contributed by atoms with E-state index in [1.807, 2.05) is 61.6 Å². The smallest absolute Gasteiger partial charge is 0.407 e. The molecule has 3 N–H and O–H groups in total. The maximum absolute atomic E-state index is 13.7. The fraction of sp³-hybridized carbons (Fsp3) is 0.865. The topological polar surface area (TPSA) is 161 Å². The second-order valence-electron chi connectivity index (χ2n) is 17.0. The monoisotopic (exact) mass is 729 g/mol. The first kappa shape index (κ1) is 47.3. The lowest BCUT2D eigenvalue weighted by atomic mass is 9.82. The minimum absolute atomic E-state index is 0.0263. The molecule has 0 saturated heterocycles. The van der Waals surface area contributed by atoms with Crippen molar-refractivity contribution in [2.75, 3.05) is 13.7 Å². The molecule has 12 nitrogen and oxygen atoms in total. The van der Waals surface area contributed by atoms with Crippen LogP contribution < -0.4 is 10.6 Å². The molecule has 0 unspecified atom stereocenters. The molecule has 0 aromatic heterocycles. The first-order chi connectivity index (χ1) is 22.6. The van der Waals surface area contributed by atoms with Crippen LogP contribution in [0.4, 0.5) is 4.79 Å². The summed E-state index contributed by atoms with van der Waals surface area (Å²) in [6, 6.07) is -2.33. The molecule has 0 spiro atoms. The highest BCUT2D eigenvalue weighted by molar-refractivity contribution is 6.72. The Bertz CT molecular complexity index is 1110. The molecule has 0 aromatic carbocycles. The van der Waals surface area contributed by atoms with E-state index in [9.17, 15) is 28.8 Å². The second kappa shape index (κ2) is 20.4. The van der Waals surface area contributed by atoms with Crippen LogP contribution >= 0.6 is 0 Å². The Labute approximate surface area is 303 Å². The van der Waals surface area contributed by atoms with Crippen LogP contribution in [-0.2, 0) is 33.4 Å². The third-order valence-electron chi connectivity index (χ3n) is 9.22. The summed E-state index contributed by atoms with van der Waals surface area (Å²) in [7, 11) is -1.22. The van der Waals surface area contributed by atoms with E-state index < -0.39 is 84.9 Å². The molecular formula is C37H71N3O9Si. The molecule has 0 aliphatic heterocycles. The van der Waals surface area contributed by atoms with Gasteiger partial charge in [-0.2, -0.15) is 0 Å². The van der Waals surface area contributed by atoms with Gasteiger partial charge >= 0.3 is 18.0 Å². The Hall–Kier alpha value is -2.67. The lowest BCUT2D eigenvalue weighted by Crippen LogP contribution is -2.55. The quantitative estimate of drug-likeness (QED) is 0.0574. The van der Waals surface area contributed by atoms with Gasteiger partial charge in [0.1, 0.15) is 17.7 Å². The van der Waals surface area contributed by atoms with Crippen LogP contribution in [-0.4, -0.2) is 91.3 Å². The maximum Gasteiger partial charge on any atom is 0.407 e. The summed E-state index contributed by atoms with van der Waals surface area (Å²) in [6.07, 6.45) is 0.346. The summed E-state index contributed by atoms with van der Waals surface area (Å²) >= 11 is 0. The van der Waals surface area contributed by atoms with Crippen molar-refractivity contribution in [2.24, 2.45) is 23.7 Å². The molecule has 3 amide bonds. The molecule has 13 heteroatoms. The van der Waals surface area contributed by atoms with E-state index in [-0.39, 0.29) is 24.9 Å². The molecule has 0 heterocycles. The van der Waals surface area contributed by atoms with Gasteiger partial charge in [-0.15, -0.1) is 0 Å².